The number of carbonyl (C=O) groups excluding carboxylic acids is 1. The van der Waals surface area contributed by atoms with Crippen LogP contribution in [0.15, 0.2) is 12.4 Å². The van der Waals surface area contributed by atoms with Crippen molar-refractivity contribution < 1.29 is 4.79 Å². The van der Waals surface area contributed by atoms with Crippen LogP contribution >= 0.6 is 24.8 Å². The smallest absolute Gasteiger partial charge is 0.230 e. The molecule has 2 heterocycles. The maximum Gasteiger partial charge on any atom is 0.230 e. The van der Waals surface area contributed by atoms with Gasteiger partial charge in [0.2, 0.25) is 5.91 Å². The molecule has 140 valence electrons. The van der Waals surface area contributed by atoms with Crippen molar-refractivity contribution in [2.45, 2.75) is 58.9 Å². The van der Waals surface area contributed by atoms with Crippen molar-refractivity contribution in [3.8, 4) is 0 Å². The predicted octanol–water partition coefficient (Wildman–Crippen LogP) is 3.22. The highest BCUT2D eigenvalue weighted by Crippen LogP contribution is 2.31. The van der Waals surface area contributed by atoms with Crippen molar-refractivity contribution in [1.82, 2.24) is 14.5 Å². The van der Waals surface area contributed by atoms with Gasteiger partial charge in [-0.1, -0.05) is 20.8 Å². The summed E-state index contributed by atoms with van der Waals surface area (Å²) in [6, 6.07) is 0.347. The summed E-state index contributed by atoms with van der Waals surface area (Å²) in [6.07, 6.45) is 8.62. The zero-order chi connectivity index (χ0) is 16.2. The van der Waals surface area contributed by atoms with E-state index in [1.807, 2.05) is 17.3 Å². The number of aromatic nitrogens is 2. The summed E-state index contributed by atoms with van der Waals surface area (Å²) in [5, 5.41) is 0. The summed E-state index contributed by atoms with van der Waals surface area (Å²) >= 11 is 0. The predicted molar refractivity (Wildman–Crippen MR) is 103 cm³/mol. The second-order valence-corrected chi connectivity index (χ2v) is 6.34. The Morgan fingerprint density at radius 2 is 2.00 bits per heavy atom. The number of carbonyl (C=O) groups is 1. The highest BCUT2D eigenvalue weighted by atomic mass is 35.5. The third kappa shape index (κ3) is 4.44. The second kappa shape index (κ2) is 10.3. The average Bonchev–Trinajstić information content (AvgIpc) is 3.05. The average molecular weight is 379 g/mol. The first-order valence-electron chi connectivity index (χ1n) is 8.63. The van der Waals surface area contributed by atoms with Gasteiger partial charge in [0.25, 0.3) is 0 Å². The van der Waals surface area contributed by atoms with Gasteiger partial charge < -0.3 is 15.2 Å². The minimum Gasteiger partial charge on any atom is -0.340 e. The van der Waals surface area contributed by atoms with E-state index in [0.29, 0.717) is 12.6 Å². The van der Waals surface area contributed by atoms with Gasteiger partial charge in [0, 0.05) is 38.4 Å². The molecule has 1 saturated heterocycles. The van der Waals surface area contributed by atoms with Crippen LogP contribution in [0, 0.1) is 5.41 Å². The first-order valence-corrected chi connectivity index (χ1v) is 8.63. The van der Waals surface area contributed by atoms with E-state index < -0.39 is 0 Å². The van der Waals surface area contributed by atoms with Crippen LogP contribution in [-0.2, 0) is 11.2 Å². The van der Waals surface area contributed by atoms with Crippen LogP contribution in [0.1, 0.15) is 58.3 Å². The van der Waals surface area contributed by atoms with Crippen LogP contribution in [0.2, 0.25) is 0 Å². The van der Waals surface area contributed by atoms with Crippen molar-refractivity contribution in [3.05, 3.63) is 18.2 Å². The number of aryl methyl sites for hydroxylation is 1. The van der Waals surface area contributed by atoms with E-state index in [4.69, 9.17) is 5.73 Å². The first kappa shape index (κ1) is 23.2. The number of piperidine rings is 1. The molecule has 1 atom stereocenters. The molecule has 7 heteroatoms. The number of imidazole rings is 1. The third-order valence-electron chi connectivity index (χ3n) is 5.34. The number of rotatable bonds is 6. The topological polar surface area (TPSA) is 64.2 Å². The Morgan fingerprint density at radius 3 is 2.54 bits per heavy atom. The van der Waals surface area contributed by atoms with Crippen LogP contribution in [0.5, 0.6) is 0 Å². The Bertz CT molecular complexity index is 494. The largest absolute Gasteiger partial charge is 0.340 e. The molecule has 1 amide bonds. The SMILES string of the molecule is CCc1nccn1C1CCCN(C(=O)C(CC)(CC)CN)C1.Cl.Cl. The molecule has 1 aromatic rings. The Balaban J connectivity index is 0.00000264. The van der Waals surface area contributed by atoms with E-state index in [0.717, 1.165) is 51.0 Å². The molecule has 0 radical (unpaired) electrons. The van der Waals surface area contributed by atoms with Gasteiger partial charge in [-0.2, -0.15) is 0 Å². The maximum atomic E-state index is 13.0. The molecule has 1 fully saturated rings. The molecule has 5 nitrogen and oxygen atoms in total. The van der Waals surface area contributed by atoms with Crippen molar-refractivity contribution in [1.29, 1.82) is 0 Å². The van der Waals surface area contributed by atoms with Crippen LogP contribution in [-0.4, -0.2) is 40.0 Å². The van der Waals surface area contributed by atoms with E-state index in [1.54, 1.807) is 0 Å². The molecule has 0 aliphatic carbocycles. The van der Waals surface area contributed by atoms with Crippen LogP contribution in [0.25, 0.3) is 0 Å². The molecule has 24 heavy (non-hydrogen) atoms. The van der Waals surface area contributed by atoms with E-state index >= 15 is 0 Å². The van der Waals surface area contributed by atoms with Crippen molar-refractivity contribution in [3.63, 3.8) is 0 Å². The number of hydrogen-bond donors (Lipinski definition) is 1. The Kier molecular flexibility index (Phi) is 9.93. The summed E-state index contributed by atoms with van der Waals surface area (Å²) in [6.45, 7) is 8.34. The van der Waals surface area contributed by atoms with Crippen LogP contribution in [0.4, 0.5) is 0 Å². The molecule has 0 spiro atoms. The van der Waals surface area contributed by atoms with E-state index in [-0.39, 0.29) is 36.1 Å². The molecule has 2 rings (SSSR count). The molecule has 0 bridgehead atoms. The summed E-state index contributed by atoms with van der Waals surface area (Å²) in [5.41, 5.74) is 5.56. The monoisotopic (exact) mass is 378 g/mol. The Labute approximate surface area is 158 Å². The number of nitrogens with zero attached hydrogens (tertiary/aromatic N) is 3. The lowest BCUT2D eigenvalue weighted by molar-refractivity contribution is -0.144. The number of hydrogen-bond acceptors (Lipinski definition) is 3. The number of nitrogens with two attached hydrogens (primary N) is 1. The van der Waals surface area contributed by atoms with Gasteiger partial charge in [-0.25, -0.2) is 4.98 Å². The highest BCUT2D eigenvalue weighted by molar-refractivity contribution is 5.85. The van der Waals surface area contributed by atoms with Gasteiger partial charge in [0.1, 0.15) is 5.82 Å². The molecule has 1 aliphatic heterocycles. The highest BCUT2D eigenvalue weighted by Gasteiger charge is 2.38. The zero-order valence-electron chi connectivity index (χ0n) is 15.0. The molecule has 1 aromatic heterocycles. The van der Waals surface area contributed by atoms with Crippen molar-refractivity contribution in [2.24, 2.45) is 11.1 Å². The summed E-state index contributed by atoms with van der Waals surface area (Å²) in [5.74, 6) is 1.35. The van der Waals surface area contributed by atoms with Gasteiger partial charge in [0.05, 0.1) is 11.5 Å². The maximum absolute atomic E-state index is 13.0. The van der Waals surface area contributed by atoms with Crippen LogP contribution < -0.4 is 5.73 Å². The standard InChI is InChI=1S/C17H30N4O.2ClH/c1-4-15-19-9-11-21(15)14-8-7-10-20(12-14)16(22)17(5-2,6-3)13-18;;/h9,11,14H,4-8,10,12-13,18H2,1-3H3;2*1H. The lowest BCUT2D eigenvalue weighted by Crippen LogP contribution is -2.51. The van der Waals surface area contributed by atoms with Crippen molar-refractivity contribution >= 4 is 30.7 Å². The summed E-state index contributed by atoms with van der Waals surface area (Å²) < 4.78 is 2.25. The van der Waals surface area contributed by atoms with Gasteiger partial charge in [-0.15, -0.1) is 24.8 Å². The Morgan fingerprint density at radius 1 is 1.33 bits per heavy atom. The van der Waals surface area contributed by atoms with E-state index in [9.17, 15) is 4.79 Å². The van der Waals surface area contributed by atoms with E-state index in [1.165, 1.54) is 0 Å². The lowest BCUT2D eigenvalue weighted by atomic mass is 9.80. The number of halogens is 2. The first-order chi connectivity index (χ1) is 10.6. The fourth-order valence-corrected chi connectivity index (χ4v) is 3.58. The molecular weight excluding hydrogens is 347 g/mol. The molecule has 1 aliphatic rings. The van der Waals surface area contributed by atoms with Gasteiger partial charge >= 0.3 is 0 Å². The van der Waals surface area contributed by atoms with Gasteiger partial charge in [-0.3, -0.25) is 4.79 Å². The number of amides is 1. The van der Waals surface area contributed by atoms with Crippen molar-refractivity contribution in [2.75, 3.05) is 19.6 Å². The molecular formula is C17H32Cl2N4O. The fraction of sp³-hybridized carbons (Fsp3) is 0.765. The van der Waals surface area contributed by atoms with Gasteiger partial charge in [0.15, 0.2) is 0 Å². The minimum atomic E-state index is -0.385. The lowest BCUT2D eigenvalue weighted by Gasteiger charge is -2.40. The fourth-order valence-electron chi connectivity index (χ4n) is 3.58. The van der Waals surface area contributed by atoms with Crippen LogP contribution in [0.3, 0.4) is 0 Å². The Hall–Kier alpha value is -0.780. The molecule has 2 N–H and O–H groups in total. The van der Waals surface area contributed by atoms with E-state index in [2.05, 4.69) is 30.3 Å². The number of likely N-dealkylation sites (tertiary alicyclic amines) is 1. The third-order valence-corrected chi connectivity index (χ3v) is 5.34. The van der Waals surface area contributed by atoms with Gasteiger partial charge in [-0.05, 0) is 25.7 Å². The molecule has 1 unspecified atom stereocenters. The second-order valence-electron chi connectivity index (χ2n) is 6.34. The minimum absolute atomic E-state index is 0. The molecule has 0 saturated carbocycles. The summed E-state index contributed by atoms with van der Waals surface area (Å²) in [4.78, 5) is 19.5. The molecule has 0 aromatic carbocycles. The quantitative estimate of drug-likeness (QED) is 0.826. The summed E-state index contributed by atoms with van der Waals surface area (Å²) in [7, 11) is 0. The zero-order valence-corrected chi connectivity index (χ0v) is 16.7. The normalized spacial score (nSPS) is 17.8.